The number of halogens is 5. The number of amides is 2. The number of ether oxygens (including phenoxy) is 3. The average molecular weight is 870 g/mol. The highest BCUT2D eigenvalue weighted by atomic mass is 32.1. The first-order valence-corrected chi connectivity index (χ1v) is 20.8. The predicted molar refractivity (Wildman–Crippen MR) is 222 cm³/mol. The number of benzene rings is 2. The van der Waals surface area contributed by atoms with Gasteiger partial charge in [0.1, 0.15) is 40.2 Å². The molecule has 2 amide bonds. The Morgan fingerprint density at radius 1 is 1.07 bits per heavy atom. The number of carbonyl (C=O) groups is 2. The zero-order valence-corrected chi connectivity index (χ0v) is 36.0. The molecule has 2 bridgehead atoms. The van der Waals surface area contributed by atoms with Gasteiger partial charge in [-0.2, -0.15) is 28.4 Å². The Labute approximate surface area is 354 Å². The number of aromatic nitrogens is 2. The number of anilines is 2. The molecule has 2 aromatic carbocycles. The van der Waals surface area contributed by atoms with Crippen molar-refractivity contribution in [3.63, 3.8) is 0 Å². The number of fused-ring (bicyclic) bond motifs is 4. The molecule has 3 saturated heterocycles. The summed E-state index contributed by atoms with van der Waals surface area (Å²) >= 11 is 0.929. The molecule has 0 saturated carbocycles. The summed E-state index contributed by atoms with van der Waals surface area (Å²) in [7, 11) is 1.89. The van der Waals surface area contributed by atoms with E-state index in [1.807, 2.05) is 24.9 Å². The summed E-state index contributed by atoms with van der Waals surface area (Å²) in [5, 5.41) is 12.6. The molecule has 61 heavy (non-hydrogen) atoms. The second-order valence-electron chi connectivity index (χ2n) is 18.2. The topological polar surface area (TPSA) is 133 Å². The Bertz CT molecular complexity index is 2460. The van der Waals surface area contributed by atoms with Crippen molar-refractivity contribution < 1.29 is 45.8 Å². The molecule has 326 valence electrons. The Hall–Kier alpha value is -5.28. The Morgan fingerprint density at radius 3 is 2.34 bits per heavy atom. The lowest BCUT2D eigenvalue weighted by atomic mass is 9.78. The first-order valence-electron chi connectivity index (χ1n) is 19.9. The number of hydrogen-bond donors (Lipinski definition) is 1. The van der Waals surface area contributed by atoms with Crippen LogP contribution in [-0.4, -0.2) is 95.1 Å². The van der Waals surface area contributed by atoms with Crippen LogP contribution in [0.25, 0.3) is 32.1 Å². The molecule has 5 heterocycles. The van der Waals surface area contributed by atoms with Gasteiger partial charge in [0.25, 0.3) is 0 Å². The van der Waals surface area contributed by atoms with E-state index in [4.69, 9.17) is 14.2 Å². The molecule has 7 rings (SSSR count). The summed E-state index contributed by atoms with van der Waals surface area (Å²) in [6.45, 7) is 13.3. The highest BCUT2D eigenvalue weighted by Crippen LogP contribution is 2.49. The predicted octanol–water partition coefficient (Wildman–Crippen LogP) is 10.1. The van der Waals surface area contributed by atoms with Crippen LogP contribution in [0.1, 0.15) is 78.9 Å². The molecule has 3 fully saturated rings. The fourth-order valence-electron chi connectivity index (χ4n) is 8.56. The standard InChI is InChI=1S/C43H48F5N7O5S/c1-40(2,3)59-38(56)52-36-28(18-49)31-26(10-9-11-30(31)61-36)32-29(43(46,47)48)16-27-34(33(32)45)50-37(58-22-42(7)21-53(8)15-14-23(42)17-44)51-35(27)54-19-24-12-13-25(20-54)55(24)39(57)60-41(4,5)6/h9-11,16-17,24-25H,12-15,19-22H2,1-8H3,(H,52,56)/b23-17+/t24-,25+,42-/m0/s1. The van der Waals surface area contributed by atoms with Gasteiger partial charge in [-0.05, 0) is 91.1 Å². The van der Waals surface area contributed by atoms with Crippen LogP contribution in [0.3, 0.4) is 0 Å². The number of hydrogen-bond acceptors (Lipinski definition) is 11. The number of nitrogens with zero attached hydrogens (tertiary/aromatic N) is 6. The fourth-order valence-corrected chi connectivity index (χ4v) is 9.62. The third-order valence-corrected chi connectivity index (χ3v) is 12.2. The van der Waals surface area contributed by atoms with Crippen molar-refractivity contribution in [3.05, 3.63) is 53.1 Å². The Kier molecular flexibility index (Phi) is 11.4. The number of likely N-dealkylation sites (tertiary alicyclic amines) is 1. The average Bonchev–Trinajstić information content (AvgIpc) is 3.64. The van der Waals surface area contributed by atoms with Crippen LogP contribution in [-0.2, 0) is 15.7 Å². The number of thiophene rings is 1. The largest absolute Gasteiger partial charge is 0.462 e. The molecule has 3 aliphatic rings. The number of piperazine rings is 1. The number of piperidine rings is 1. The lowest BCUT2D eigenvalue weighted by molar-refractivity contribution is -0.137. The van der Waals surface area contributed by atoms with Crippen molar-refractivity contribution in [3.8, 4) is 23.2 Å². The van der Waals surface area contributed by atoms with E-state index < -0.39 is 57.4 Å². The van der Waals surface area contributed by atoms with Crippen molar-refractivity contribution in [2.75, 3.05) is 50.1 Å². The lowest BCUT2D eigenvalue weighted by Crippen LogP contribution is -2.57. The molecule has 0 aliphatic carbocycles. The molecule has 18 heteroatoms. The zero-order chi connectivity index (χ0) is 44.4. The van der Waals surface area contributed by atoms with E-state index in [1.54, 1.807) is 57.4 Å². The molecule has 1 N–H and O–H groups in total. The summed E-state index contributed by atoms with van der Waals surface area (Å²) in [4.78, 5) is 40.5. The molecule has 4 aromatic rings. The quantitative estimate of drug-likeness (QED) is 0.187. The second kappa shape index (κ2) is 15.9. The summed E-state index contributed by atoms with van der Waals surface area (Å²) in [5.41, 5.74) is -5.10. The highest BCUT2D eigenvalue weighted by Gasteiger charge is 2.46. The van der Waals surface area contributed by atoms with E-state index in [1.165, 1.54) is 12.1 Å². The Balaban J connectivity index is 1.40. The smallest absolute Gasteiger partial charge is 0.417 e. The first-order chi connectivity index (χ1) is 28.5. The maximum Gasteiger partial charge on any atom is 0.417 e. The van der Waals surface area contributed by atoms with E-state index in [0.717, 1.165) is 17.4 Å². The molecule has 0 unspecified atom stereocenters. The Morgan fingerprint density at radius 2 is 1.74 bits per heavy atom. The van der Waals surface area contributed by atoms with Gasteiger partial charge >= 0.3 is 24.4 Å². The van der Waals surface area contributed by atoms with E-state index in [2.05, 4.69) is 15.3 Å². The SMILES string of the molecule is CN1CC/C(=C\F)[C@](C)(COc2nc(N3C[C@H]4CC[C@@H](C3)N4C(=O)OC(C)(C)C)c3cc(C(F)(F)F)c(-c4cccc5sc(NC(=O)OC(C)(C)C)c(C#N)c45)c(F)c3n2)C1. The van der Waals surface area contributed by atoms with Crippen LogP contribution < -0.4 is 15.0 Å². The van der Waals surface area contributed by atoms with Crippen molar-refractivity contribution >= 4 is 55.3 Å². The normalized spacial score (nSPS) is 21.9. The van der Waals surface area contributed by atoms with Crippen molar-refractivity contribution in [2.45, 2.75) is 97.2 Å². The molecular weight excluding hydrogens is 822 g/mol. The van der Waals surface area contributed by atoms with Gasteiger partial charge in [0.05, 0.1) is 29.5 Å². The third-order valence-electron chi connectivity index (χ3n) is 11.1. The van der Waals surface area contributed by atoms with Crippen LogP contribution in [0.4, 0.5) is 42.4 Å². The van der Waals surface area contributed by atoms with E-state index >= 15 is 17.6 Å². The lowest BCUT2D eigenvalue weighted by Gasteiger charge is -2.42. The minimum absolute atomic E-state index is 0.00900. The van der Waals surface area contributed by atoms with Crippen LogP contribution in [0.5, 0.6) is 6.01 Å². The molecule has 2 aromatic heterocycles. The molecule has 3 atom stereocenters. The van der Waals surface area contributed by atoms with Gasteiger partial charge in [-0.15, -0.1) is 11.3 Å². The molecule has 12 nitrogen and oxygen atoms in total. The van der Waals surface area contributed by atoms with Gasteiger partial charge in [-0.3, -0.25) is 10.2 Å². The number of carbonyl (C=O) groups excluding carboxylic acids is 2. The van der Waals surface area contributed by atoms with Crippen LogP contribution in [0.2, 0.25) is 0 Å². The fraction of sp³-hybridized carbons (Fsp3) is 0.512. The van der Waals surface area contributed by atoms with E-state index in [-0.39, 0.29) is 70.5 Å². The number of rotatable bonds is 6. The van der Waals surface area contributed by atoms with Gasteiger partial charge in [0.2, 0.25) is 0 Å². The minimum Gasteiger partial charge on any atom is -0.462 e. The summed E-state index contributed by atoms with van der Waals surface area (Å²) in [5.74, 6) is -1.37. The van der Waals surface area contributed by atoms with Gasteiger partial charge < -0.3 is 24.0 Å². The maximum absolute atomic E-state index is 17.6. The zero-order valence-electron chi connectivity index (χ0n) is 35.2. The maximum atomic E-state index is 17.6. The van der Waals surface area contributed by atoms with Gasteiger partial charge in [-0.25, -0.2) is 18.4 Å². The van der Waals surface area contributed by atoms with Crippen LogP contribution in [0.15, 0.2) is 36.2 Å². The molecular formula is C43H48F5N7O5S. The summed E-state index contributed by atoms with van der Waals surface area (Å²) < 4.78 is 95.6. The molecule has 0 spiro atoms. The van der Waals surface area contributed by atoms with Crippen molar-refractivity contribution in [1.82, 2.24) is 19.8 Å². The summed E-state index contributed by atoms with van der Waals surface area (Å²) in [6.07, 6.45) is -4.32. The number of nitrogens with one attached hydrogen (secondary N) is 1. The minimum atomic E-state index is -5.12. The van der Waals surface area contributed by atoms with Crippen LogP contribution in [0, 0.1) is 22.6 Å². The van der Waals surface area contributed by atoms with Crippen molar-refractivity contribution in [2.24, 2.45) is 5.41 Å². The third kappa shape index (κ3) is 8.77. The number of alkyl halides is 3. The highest BCUT2D eigenvalue weighted by molar-refractivity contribution is 7.23. The van der Waals surface area contributed by atoms with Gasteiger partial charge in [-0.1, -0.05) is 19.1 Å². The second-order valence-corrected chi connectivity index (χ2v) is 19.3. The summed E-state index contributed by atoms with van der Waals surface area (Å²) in [6, 6.07) is 5.97. The number of nitriles is 1. The monoisotopic (exact) mass is 869 g/mol. The van der Waals surface area contributed by atoms with Gasteiger partial charge in [0.15, 0.2) is 5.82 Å². The van der Waals surface area contributed by atoms with E-state index in [9.17, 15) is 19.2 Å². The first kappa shape index (κ1) is 43.8. The van der Waals surface area contributed by atoms with Crippen molar-refractivity contribution in [1.29, 1.82) is 5.26 Å². The molecule has 3 aliphatic heterocycles. The van der Waals surface area contributed by atoms with Crippen LogP contribution >= 0.6 is 11.3 Å². The van der Waals surface area contributed by atoms with Gasteiger partial charge in [0, 0.05) is 52.6 Å². The van der Waals surface area contributed by atoms with E-state index in [0.29, 0.717) is 49.0 Å². The molecule has 0 radical (unpaired) electrons.